The normalized spacial score (nSPS) is 12.9. The van der Waals surface area contributed by atoms with Crippen molar-refractivity contribution < 1.29 is 4.79 Å². The first kappa shape index (κ1) is 11.9. The van der Waals surface area contributed by atoms with Crippen LogP contribution in [0.25, 0.3) is 0 Å². The summed E-state index contributed by atoms with van der Waals surface area (Å²) in [6, 6.07) is 8.35. The highest BCUT2D eigenvalue weighted by atomic mass is 16.1. The molecule has 0 aliphatic carbocycles. The van der Waals surface area contributed by atoms with Gasteiger partial charge < -0.3 is 0 Å². The second-order valence-electron chi connectivity index (χ2n) is 4.28. The molecule has 82 valence electrons. The smallest absolute Gasteiger partial charge is 0.147 e. The Morgan fingerprint density at radius 3 is 2.20 bits per heavy atom. The summed E-state index contributed by atoms with van der Waals surface area (Å²) >= 11 is 0. The van der Waals surface area contributed by atoms with E-state index in [9.17, 15) is 4.79 Å². The fourth-order valence-electron chi connectivity index (χ4n) is 1.64. The lowest BCUT2D eigenvalue weighted by Crippen LogP contribution is -2.36. The van der Waals surface area contributed by atoms with Crippen LogP contribution < -0.4 is 0 Å². The number of hydrogen-bond donors (Lipinski definition) is 0. The van der Waals surface area contributed by atoms with Gasteiger partial charge >= 0.3 is 0 Å². The summed E-state index contributed by atoms with van der Waals surface area (Å²) in [7, 11) is 3.89. The molecule has 0 fully saturated rings. The van der Waals surface area contributed by atoms with E-state index in [4.69, 9.17) is 0 Å². The maximum absolute atomic E-state index is 11.4. The van der Waals surface area contributed by atoms with Crippen molar-refractivity contribution in [2.75, 3.05) is 14.1 Å². The minimum atomic E-state index is -0.00675. The van der Waals surface area contributed by atoms with Gasteiger partial charge in [-0.15, -0.1) is 0 Å². The highest BCUT2D eigenvalue weighted by Crippen LogP contribution is 2.09. The molecule has 2 heteroatoms. The molecular weight excluding hydrogens is 186 g/mol. The third-order valence-corrected chi connectivity index (χ3v) is 2.64. The minimum absolute atomic E-state index is 0.00675. The van der Waals surface area contributed by atoms with E-state index in [0.29, 0.717) is 0 Å². The molecule has 1 unspecified atom stereocenters. The summed E-state index contributed by atoms with van der Waals surface area (Å²) in [6.07, 6.45) is 0.794. The molecule has 0 heterocycles. The van der Waals surface area contributed by atoms with Crippen molar-refractivity contribution in [3.63, 3.8) is 0 Å². The lowest BCUT2D eigenvalue weighted by atomic mass is 10.0. The van der Waals surface area contributed by atoms with Crippen molar-refractivity contribution in [2.24, 2.45) is 0 Å². The first-order valence-corrected chi connectivity index (χ1v) is 5.23. The Morgan fingerprint density at radius 1 is 1.27 bits per heavy atom. The number of carbonyl (C=O) groups is 1. The lowest BCUT2D eigenvalue weighted by molar-refractivity contribution is -0.121. The van der Waals surface area contributed by atoms with Crippen molar-refractivity contribution in [1.82, 2.24) is 4.90 Å². The van der Waals surface area contributed by atoms with Crippen LogP contribution in [0.15, 0.2) is 24.3 Å². The molecule has 0 spiro atoms. The first-order chi connectivity index (χ1) is 7.00. The van der Waals surface area contributed by atoms with Crippen LogP contribution in [0.3, 0.4) is 0 Å². The topological polar surface area (TPSA) is 20.3 Å². The van der Waals surface area contributed by atoms with Crippen LogP contribution in [0.1, 0.15) is 18.1 Å². The fourth-order valence-corrected chi connectivity index (χ4v) is 1.64. The van der Waals surface area contributed by atoms with Crippen LogP contribution in [0, 0.1) is 6.92 Å². The van der Waals surface area contributed by atoms with Crippen molar-refractivity contribution in [3.8, 4) is 0 Å². The van der Waals surface area contributed by atoms with E-state index in [-0.39, 0.29) is 11.8 Å². The van der Waals surface area contributed by atoms with Crippen LogP contribution in [-0.2, 0) is 11.2 Å². The molecule has 0 amide bonds. The first-order valence-electron chi connectivity index (χ1n) is 5.23. The summed E-state index contributed by atoms with van der Waals surface area (Å²) in [4.78, 5) is 13.4. The summed E-state index contributed by atoms with van der Waals surface area (Å²) in [5, 5.41) is 0. The third kappa shape index (κ3) is 3.48. The summed E-state index contributed by atoms with van der Waals surface area (Å²) in [6.45, 7) is 3.72. The second kappa shape index (κ2) is 5.08. The van der Waals surface area contributed by atoms with E-state index < -0.39 is 0 Å². The molecule has 1 aromatic rings. The molecule has 0 aliphatic rings. The average molecular weight is 205 g/mol. The molecule has 1 rings (SSSR count). The van der Waals surface area contributed by atoms with Crippen molar-refractivity contribution in [1.29, 1.82) is 0 Å². The van der Waals surface area contributed by atoms with Crippen LogP contribution in [-0.4, -0.2) is 30.8 Å². The Bertz CT molecular complexity index is 327. The van der Waals surface area contributed by atoms with Crippen LogP contribution in [0.2, 0.25) is 0 Å². The lowest BCUT2D eigenvalue weighted by Gasteiger charge is -2.21. The second-order valence-corrected chi connectivity index (χ2v) is 4.28. The van der Waals surface area contributed by atoms with E-state index >= 15 is 0 Å². The molecule has 2 nitrogen and oxygen atoms in total. The SMILES string of the molecule is CC(=O)C(Cc1ccc(C)cc1)N(C)C. The van der Waals surface area contributed by atoms with Gasteiger partial charge in [-0.25, -0.2) is 0 Å². The molecule has 0 aliphatic heterocycles. The number of likely N-dealkylation sites (N-methyl/N-ethyl adjacent to an activating group) is 1. The van der Waals surface area contributed by atoms with Gasteiger partial charge in [-0.3, -0.25) is 9.69 Å². The largest absolute Gasteiger partial charge is 0.299 e. The summed E-state index contributed by atoms with van der Waals surface area (Å²) in [5.41, 5.74) is 2.47. The standard InChI is InChI=1S/C13H19NO/c1-10-5-7-12(8-6-10)9-13(11(2)15)14(3)4/h5-8,13H,9H2,1-4H3. The number of rotatable bonds is 4. The third-order valence-electron chi connectivity index (χ3n) is 2.64. The average Bonchev–Trinajstić information content (AvgIpc) is 2.15. The maximum Gasteiger partial charge on any atom is 0.147 e. The number of aryl methyl sites for hydroxylation is 1. The highest BCUT2D eigenvalue weighted by molar-refractivity contribution is 5.81. The van der Waals surface area contributed by atoms with E-state index in [1.165, 1.54) is 11.1 Å². The molecule has 0 saturated heterocycles. The van der Waals surface area contributed by atoms with Crippen LogP contribution in [0.5, 0.6) is 0 Å². The molecule has 0 bridgehead atoms. The summed E-state index contributed by atoms with van der Waals surface area (Å²) in [5.74, 6) is 0.223. The Balaban J connectivity index is 2.74. The Hall–Kier alpha value is -1.15. The van der Waals surface area contributed by atoms with Gasteiger partial charge in [0.2, 0.25) is 0 Å². The number of carbonyl (C=O) groups excluding carboxylic acids is 1. The van der Waals surface area contributed by atoms with Gasteiger partial charge in [0, 0.05) is 0 Å². The number of Topliss-reactive ketones (excluding diaryl/α,β-unsaturated/α-hetero) is 1. The van der Waals surface area contributed by atoms with E-state index in [2.05, 4.69) is 31.2 Å². The molecule has 0 saturated carbocycles. The zero-order valence-electron chi connectivity index (χ0n) is 9.95. The van der Waals surface area contributed by atoms with E-state index in [1.54, 1.807) is 6.92 Å². The van der Waals surface area contributed by atoms with Crippen molar-refractivity contribution in [3.05, 3.63) is 35.4 Å². The molecular formula is C13H19NO. The van der Waals surface area contributed by atoms with Crippen molar-refractivity contribution >= 4 is 5.78 Å². The van der Waals surface area contributed by atoms with Gasteiger partial charge in [0.1, 0.15) is 5.78 Å². The predicted molar refractivity (Wildman–Crippen MR) is 63.0 cm³/mol. The van der Waals surface area contributed by atoms with E-state index in [1.807, 2.05) is 19.0 Å². The Morgan fingerprint density at radius 2 is 1.80 bits per heavy atom. The molecule has 0 N–H and O–H groups in total. The molecule has 0 aromatic heterocycles. The van der Waals surface area contributed by atoms with Gasteiger partial charge in [0.25, 0.3) is 0 Å². The van der Waals surface area contributed by atoms with E-state index in [0.717, 1.165) is 6.42 Å². The molecule has 0 radical (unpaired) electrons. The number of benzene rings is 1. The maximum atomic E-state index is 11.4. The zero-order valence-corrected chi connectivity index (χ0v) is 9.95. The Kier molecular flexibility index (Phi) is 4.04. The van der Waals surface area contributed by atoms with Gasteiger partial charge in [0.15, 0.2) is 0 Å². The van der Waals surface area contributed by atoms with Crippen LogP contribution in [0.4, 0.5) is 0 Å². The zero-order chi connectivity index (χ0) is 11.4. The number of ketones is 1. The fraction of sp³-hybridized carbons (Fsp3) is 0.462. The van der Waals surface area contributed by atoms with Gasteiger partial charge in [0.05, 0.1) is 6.04 Å². The van der Waals surface area contributed by atoms with Gasteiger partial charge in [-0.05, 0) is 39.9 Å². The molecule has 1 aromatic carbocycles. The van der Waals surface area contributed by atoms with Crippen molar-refractivity contribution in [2.45, 2.75) is 26.3 Å². The van der Waals surface area contributed by atoms with Crippen LogP contribution >= 0.6 is 0 Å². The predicted octanol–water partition coefficient (Wildman–Crippen LogP) is 2.06. The summed E-state index contributed by atoms with van der Waals surface area (Å²) < 4.78 is 0. The molecule has 15 heavy (non-hydrogen) atoms. The highest BCUT2D eigenvalue weighted by Gasteiger charge is 2.16. The Labute approximate surface area is 91.9 Å². The minimum Gasteiger partial charge on any atom is -0.299 e. The molecule has 1 atom stereocenters. The monoisotopic (exact) mass is 205 g/mol. The number of hydrogen-bond acceptors (Lipinski definition) is 2. The van der Waals surface area contributed by atoms with Gasteiger partial charge in [-0.2, -0.15) is 0 Å². The number of nitrogens with zero attached hydrogens (tertiary/aromatic N) is 1. The quantitative estimate of drug-likeness (QED) is 0.750. The van der Waals surface area contributed by atoms with Gasteiger partial charge in [-0.1, -0.05) is 29.8 Å².